The molecule has 0 saturated carbocycles. The lowest BCUT2D eigenvalue weighted by Gasteiger charge is -2.18. The van der Waals surface area contributed by atoms with Gasteiger partial charge in [0.2, 0.25) is 5.69 Å². The van der Waals surface area contributed by atoms with Crippen LogP contribution in [0.2, 0.25) is 0 Å². The van der Waals surface area contributed by atoms with Gasteiger partial charge in [0.1, 0.15) is 22.3 Å². The average Bonchev–Trinajstić information content (AvgIpc) is 3.98. The minimum absolute atomic E-state index is 0.499. The molecule has 12 rings (SSSR count). The second kappa shape index (κ2) is 11.2. The molecule has 8 aromatic carbocycles. The molecule has 6 nitrogen and oxygen atoms in total. The molecule has 0 unspecified atom stereocenters. The lowest BCUT2D eigenvalue weighted by Crippen LogP contribution is -1.99. The van der Waals surface area contributed by atoms with Crippen molar-refractivity contribution in [2.45, 2.75) is 0 Å². The van der Waals surface area contributed by atoms with Crippen LogP contribution in [0.25, 0.3) is 120 Å². The van der Waals surface area contributed by atoms with Crippen molar-refractivity contribution in [2.75, 3.05) is 0 Å². The minimum atomic E-state index is 0.499. The van der Waals surface area contributed by atoms with Crippen molar-refractivity contribution in [1.29, 1.82) is 0 Å². The van der Waals surface area contributed by atoms with Gasteiger partial charge in [-0.2, -0.15) is 0 Å². The highest BCUT2D eigenvalue weighted by Crippen LogP contribution is 2.45. The van der Waals surface area contributed by atoms with Crippen LogP contribution in [-0.4, -0.2) is 9.13 Å². The molecule has 0 atom stereocenters. The lowest BCUT2D eigenvalue weighted by atomic mass is 10.00. The molecule has 0 fully saturated rings. The lowest BCUT2D eigenvalue weighted by molar-refractivity contribution is 0.669. The summed E-state index contributed by atoms with van der Waals surface area (Å²) in [6.45, 7) is 16.7. The predicted octanol–water partition coefficient (Wildman–Crippen LogP) is 14.4. The first kappa shape index (κ1) is 30.4. The molecule has 12 aromatic rings. The molecular weight excluding hydrogens is 689 g/mol. The maximum atomic E-state index is 8.42. The summed E-state index contributed by atoms with van der Waals surface area (Å²) in [4.78, 5) is 8.09. The van der Waals surface area contributed by atoms with E-state index in [2.05, 4.69) is 110 Å². The SMILES string of the molecule is [C-]#[N+]c1cc(-c2cccc([N+]#[C-])c2-n2c3ccccc3c3cc4c(cc32)oc2ccccc24)cc(-n2c3ccccc3c3cc4c(cc32)oc2ccccc24)c1. The van der Waals surface area contributed by atoms with Crippen molar-refractivity contribution in [1.82, 2.24) is 9.13 Å². The summed E-state index contributed by atoms with van der Waals surface area (Å²) in [6, 6.07) is 53.5. The third-order valence-electron chi connectivity index (χ3n) is 11.3. The van der Waals surface area contributed by atoms with Crippen LogP contribution >= 0.6 is 0 Å². The molecule has 0 spiro atoms. The number of furan rings is 2. The van der Waals surface area contributed by atoms with Gasteiger partial charge in [-0.25, -0.2) is 9.69 Å². The zero-order chi connectivity index (χ0) is 37.1. The molecule has 4 aromatic heterocycles. The quantitative estimate of drug-likeness (QED) is 0.171. The first-order valence-electron chi connectivity index (χ1n) is 18.4. The second-order valence-corrected chi connectivity index (χ2v) is 14.3. The molecule has 0 aliphatic carbocycles. The van der Waals surface area contributed by atoms with E-state index >= 15 is 0 Å². The third-order valence-corrected chi connectivity index (χ3v) is 11.3. The Morgan fingerprint density at radius 3 is 1.55 bits per heavy atom. The molecule has 0 aliphatic rings. The van der Waals surface area contributed by atoms with E-state index in [0.717, 1.165) is 110 Å². The van der Waals surface area contributed by atoms with Crippen LogP contribution in [0.3, 0.4) is 0 Å². The summed E-state index contributed by atoms with van der Waals surface area (Å²) in [6.07, 6.45) is 0. The summed E-state index contributed by atoms with van der Waals surface area (Å²) < 4.78 is 17.2. The summed E-state index contributed by atoms with van der Waals surface area (Å²) in [5.41, 5.74) is 11.5. The number of aromatic nitrogens is 2. The summed E-state index contributed by atoms with van der Waals surface area (Å²) in [7, 11) is 0. The summed E-state index contributed by atoms with van der Waals surface area (Å²) in [5, 5.41) is 8.64. The van der Waals surface area contributed by atoms with Crippen LogP contribution in [0.15, 0.2) is 167 Å². The number of fused-ring (bicyclic) bond motifs is 12. The van der Waals surface area contributed by atoms with E-state index in [4.69, 9.17) is 22.0 Å². The molecular formula is C50H26N4O2. The number of benzene rings is 8. The topological polar surface area (TPSA) is 44.9 Å². The van der Waals surface area contributed by atoms with Gasteiger partial charge in [0.15, 0.2) is 5.69 Å². The fourth-order valence-electron chi connectivity index (χ4n) is 8.93. The molecule has 4 heterocycles. The van der Waals surface area contributed by atoms with E-state index in [-0.39, 0.29) is 0 Å². The zero-order valence-electron chi connectivity index (χ0n) is 29.6. The van der Waals surface area contributed by atoms with Crippen LogP contribution in [0.4, 0.5) is 11.4 Å². The maximum absolute atomic E-state index is 8.42. The van der Waals surface area contributed by atoms with Gasteiger partial charge < -0.3 is 18.0 Å². The Balaban J connectivity index is 1.15. The van der Waals surface area contributed by atoms with Crippen molar-refractivity contribution in [3.63, 3.8) is 0 Å². The first-order valence-corrected chi connectivity index (χ1v) is 18.4. The van der Waals surface area contributed by atoms with Crippen LogP contribution in [-0.2, 0) is 0 Å². The molecule has 56 heavy (non-hydrogen) atoms. The van der Waals surface area contributed by atoms with Crippen molar-refractivity contribution in [2.24, 2.45) is 0 Å². The van der Waals surface area contributed by atoms with E-state index in [1.54, 1.807) is 0 Å². The molecule has 0 radical (unpaired) electrons. The second-order valence-electron chi connectivity index (χ2n) is 14.3. The van der Waals surface area contributed by atoms with Crippen molar-refractivity contribution < 1.29 is 8.83 Å². The van der Waals surface area contributed by atoms with Crippen molar-refractivity contribution in [3.05, 3.63) is 181 Å². The Morgan fingerprint density at radius 1 is 0.393 bits per heavy atom. The maximum Gasteiger partial charge on any atom is 0.211 e. The normalized spacial score (nSPS) is 11.9. The van der Waals surface area contributed by atoms with Gasteiger partial charge in [0.25, 0.3) is 0 Å². The van der Waals surface area contributed by atoms with Crippen LogP contribution in [0.1, 0.15) is 0 Å². The monoisotopic (exact) mass is 714 g/mol. The number of para-hydroxylation sites is 5. The largest absolute Gasteiger partial charge is 0.456 e. The summed E-state index contributed by atoms with van der Waals surface area (Å²) >= 11 is 0. The molecule has 6 heteroatoms. The first-order chi connectivity index (χ1) is 27.7. The fourth-order valence-corrected chi connectivity index (χ4v) is 8.93. The zero-order valence-corrected chi connectivity index (χ0v) is 29.6. The highest BCUT2D eigenvalue weighted by Gasteiger charge is 2.22. The van der Waals surface area contributed by atoms with E-state index in [9.17, 15) is 0 Å². The number of nitrogens with zero attached hydrogens (tertiary/aromatic N) is 4. The van der Waals surface area contributed by atoms with E-state index < -0.39 is 0 Å². The van der Waals surface area contributed by atoms with E-state index in [0.29, 0.717) is 11.4 Å². The number of hydrogen-bond acceptors (Lipinski definition) is 2. The highest BCUT2D eigenvalue weighted by molar-refractivity contribution is 6.19. The molecule has 258 valence electrons. The molecule has 0 bridgehead atoms. The van der Waals surface area contributed by atoms with Crippen molar-refractivity contribution >= 4 is 98.9 Å². The minimum Gasteiger partial charge on any atom is -0.456 e. The van der Waals surface area contributed by atoms with Gasteiger partial charge in [-0.1, -0.05) is 91.0 Å². The molecule has 0 aliphatic heterocycles. The van der Waals surface area contributed by atoms with E-state index in [1.165, 1.54) is 0 Å². The molecule has 0 saturated heterocycles. The Morgan fingerprint density at radius 2 is 0.946 bits per heavy atom. The smallest absolute Gasteiger partial charge is 0.211 e. The van der Waals surface area contributed by atoms with Gasteiger partial charge >= 0.3 is 0 Å². The van der Waals surface area contributed by atoms with Gasteiger partial charge in [-0.05, 0) is 65.7 Å². The van der Waals surface area contributed by atoms with Crippen molar-refractivity contribution in [3.8, 4) is 22.5 Å². The Bertz CT molecular complexity index is 3750. The Hall–Kier alpha value is -8.06. The fraction of sp³-hybridized carbons (Fsp3) is 0. The third kappa shape index (κ3) is 4.13. The van der Waals surface area contributed by atoms with Crippen LogP contribution in [0.5, 0.6) is 0 Å². The number of rotatable bonds is 3. The molecule has 0 amide bonds. The molecule has 0 N–H and O–H groups in total. The average molecular weight is 715 g/mol. The predicted molar refractivity (Wildman–Crippen MR) is 228 cm³/mol. The van der Waals surface area contributed by atoms with Gasteiger partial charge in [0.05, 0.1) is 40.9 Å². The van der Waals surface area contributed by atoms with Gasteiger partial charge in [-0.15, -0.1) is 0 Å². The highest BCUT2D eigenvalue weighted by atomic mass is 16.3. The Kier molecular flexibility index (Phi) is 6.10. The summed E-state index contributed by atoms with van der Waals surface area (Å²) in [5.74, 6) is 0. The standard InChI is InChI=1S/C50H26N4O2/c1-51-30-22-29(23-31(24-30)53-42-18-7-3-12-33(42)37-25-39-35-14-5-9-20-46(35)55-48(39)27-44(37)53)32-16-11-17-41(52-2)50(32)54-43-19-8-4-13-34(43)38-26-40-36-15-6-10-21-47(36)56-49(40)28-45(38)54/h3-28H. The van der Waals surface area contributed by atoms with Gasteiger partial charge in [0, 0.05) is 60.9 Å². The van der Waals surface area contributed by atoms with Crippen LogP contribution < -0.4 is 0 Å². The number of hydrogen-bond donors (Lipinski definition) is 0. The van der Waals surface area contributed by atoms with Gasteiger partial charge in [-0.3, -0.25) is 0 Å². The Labute approximate surface area is 318 Å². The van der Waals surface area contributed by atoms with Crippen LogP contribution in [0, 0.1) is 13.1 Å². The van der Waals surface area contributed by atoms with E-state index in [1.807, 2.05) is 66.7 Å².